The molecule has 20 heavy (non-hydrogen) atoms. The summed E-state index contributed by atoms with van der Waals surface area (Å²) in [7, 11) is 1.53. The molecule has 1 aromatic rings. The van der Waals surface area contributed by atoms with Gasteiger partial charge in [0, 0.05) is 17.6 Å². The topological polar surface area (TPSA) is 72.6 Å². The van der Waals surface area contributed by atoms with Crippen LogP contribution in [0.25, 0.3) is 0 Å². The number of halogens is 1. The summed E-state index contributed by atoms with van der Waals surface area (Å²) in [6.07, 6.45) is 1.54. The minimum Gasteiger partial charge on any atom is -0.496 e. The van der Waals surface area contributed by atoms with Crippen molar-refractivity contribution < 1.29 is 14.3 Å². The zero-order valence-electron chi connectivity index (χ0n) is 11.3. The van der Waals surface area contributed by atoms with Gasteiger partial charge in [0.2, 0.25) is 5.91 Å². The Kier molecular flexibility index (Phi) is 4.65. The molecule has 2 rings (SSSR count). The number of rotatable bonds is 3. The predicted molar refractivity (Wildman–Crippen MR) is 78.5 cm³/mol. The van der Waals surface area contributed by atoms with Crippen LogP contribution in [0.1, 0.15) is 23.2 Å². The number of benzene rings is 1. The number of carbonyl (C=O) groups excluding carboxylic acids is 2. The van der Waals surface area contributed by atoms with Crippen molar-refractivity contribution in [1.29, 1.82) is 0 Å². The Bertz CT molecular complexity index is 533. The summed E-state index contributed by atoms with van der Waals surface area (Å²) in [6, 6.07) is 5.27. The molecule has 2 N–H and O–H groups in total. The van der Waals surface area contributed by atoms with Crippen LogP contribution in [0.3, 0.4) is 0 Å². The average molecular weight is 341 g/mol. The van der Waals surface area contributed by atoms with E-state index in [1.54, 1.807) is 23.1 Å². The van der Waals surface area contributed by atoms with Gasteiger partial charge < -0.3 is 15.4 Å². The summed E-state index contributed by atoms with van der Waals surface area (Å²) in [6.45, 7) is 1.02. The van der Waals surface area contributed by atoms with Gasteiger partial charge in [0.05, 0.1) is 18.6 Å². The lowest BCUT2D eigenvalue weighted by molar-refractivity contribution is -0.123. The maximum absolute atomic E-state index is 12.5. The lowest BCUT2D eigenvalue weighted by Gasteiger charge is -2.31. The molecule has 1 saturated heterocycles. The predicted octanol–water partition coefficient (Wildman–Crippen LogP) is 1.80. The highest BCUT2D eigenvalue weighted by molar-refractivity contribution is 9.10. The minimum absolute atomic E-state index is 0.125. The van der Waals surface area contributed by atoms with Gasteiger partial charge in [-0.3, -0.25) is 9.59 Å². The van der Waals surface area contributed by atoms with E-state index in [1.165, 1.54) is 7.11 Å². The molecule has 1 aliphatic heterocycles. The van der Waals surface area contributed by atoms with Crippen LogP contribution in [-0.4, -0.2) is 36.9 Å². The maximum Gasteiger partial charge on any atom is 0.257 e. The van der Waals surface area contributed by atoms with Gasteiger partial charge in [0.1, 0.15) is 5.75 Å². The van der Waals surface area contributed by atoms with Gasteiger partial charge in [-0.05, 0) is 31.0 Å². The molecule has 6 heteroatoms. The third-order valence-corrected chi connectivity index (χ3v) is 4.00. The van der Waals surface area contributed by atoms with Gasteiger partial charge >= 0.3 is 0 Å². The molecule has 0 saturated carbocycles. The maximum atomic E-state index is 12.5. The van der Waals surface area contributed by atoms with Crippen LogP contribution in [0, 0.1) is 5.92 Å². The number of piperidine rings is 1. The van der Waals surface area contributed by atoms with E-state index in [0.29, 0.717) is 24.4 Å². The molecule has 108 valence electrons. The molecule has 0 bridgehead atoms. The van der Waals surface area contributed by atoms with E-state index >= 15 is 0 Å². The van der Waals surface area contributed by atoms with Crippen LogP contribution < -0.4 is 10.5 Å². The first-order chi connectivity index (χ1) is 9.52. The number of amides is 2. The fraction of sp³-hybridized carbons (Fsp3) is 0.429. The second-order valence-corrected chi connectivity index (χ2v) is 5.75. The molecule has 1 atom stereocenters. The summed E-state index contributed by atoms with van der Waals surface area (Å²) >= 11 is 3.34. The smallest absolute Gasteiger partial charge is 0.257 e. The average Bonchev–Trinajstić information content (AvgIpc) is 2.46. The first-order valence-electron chi connectivity index (χ1n) is 6.45. The van der Waals surface area contributed by atoms with Gasteiger partial charge in [-0.2, -0.15) is 0 Å². The van der Waals surface area contributed by atoms with Gasteiger partial charge in [-0.15, -0.1) is 0 Å². The van der Waals surface area contributed by atoms with Gasteiger partial charge in [0.15, 0.2) is 0 Å². The Hall–Kier alpha value is -1.56. The van der Waals surface area contributed by atoms with Gasteiger partial charge in [0.25, 0.3) is 5.91 Å². The Balaban J connectivity index is 2.20. The fourth-order valence-electron chi connectivity index (χ4n) is 2.41. The summed E-state index contributed by atoms with van der Waals surface area (Å²) in [4.78, 5) is 25.5. The number of nitrogens with zero attached hydrogens (tertiary/aromatic N) is 1. The lowest BCUT2D eigenvalue weighted by Crippen LogP contribution is -2.44. The van der Waals surface area contributed by atoms with Gasteiger partial charge in [-0.25, -0.2) is 0 Å². The van der Waals surface area contributed by atoms with Crippen molar-refractivity contribution in [2.75, 3.05) is 20.2 Å². The molecule has 0 spiro atoms. The number of hydrogen-bond acceptors (Lipinski definition) is 3. The third kappa shape index (κ3) is 3.12. The van der Waals surface area contributed by atoms with Crippen LogP contribution in [0.4, 0.5) is 0 Å². The summed E-state index contributed by atoms with van der Waals surface area (Å²) in [5.74, 6) is -0.203. The number of nitrogens with two attached hydrogens (primary N) is 1. The van der Waals surface area contributed by atoms with Crippen molar-refractivity contribution in [3.05, 3.63) is 28.2 Å². The quantitative estimate of drug-likeness (QED) is 0.911. The molecule has 0 aromatic heterocycles. The Morgan fingerprint density at radius 2 is 2.20 bits per heavy atom. The number of carbonyl (C=O) groups is 2. The molecule has 1 fully saturated rings. The van der Waals surface area contributed by atoms with Gasteiger partial charge in [-0.1, -0.05) is 15.9 Å². The van der Waals surface area contributed by atoms with E-state index in [9.17, 15) is 9.59 Å². The number of hydrogen-bond donors (Lipinski definition) is 1. The van der Waals surface area contributed by atoms with Crippen molar-refractivity contribution in [3.63, 3.8) is 0 Å². The minimum atomic E-state index is -0.342. The molecule has 0 radical (unpaired) electrons. The van der Waals surface area contributed by atoms with Crippen LogP contribution in [0.5, 0.6) is 5.75 Å². The Morgan fingerprint density at radius 1 is 1.45 bits per heavy atom. The first kappa shape index (κ1) is 14.8. The van der Waals surface area contributed by atoms with E-state index in [0.717, 1.165) is 17.3 Å². The standard InChI is InChI=1S/C14H17BrN2O3/c1-20-12-7-10(15)4-5-11(12)14(19)17-6-2-3-9(8-17)13(16)18/h4-5,7,9H,2-3,6,8H2,1H3,(H2,16,18). The number of methoxy groups -OCH3 is 1. The zero-order valence-corrected chi connectivity index (χ0v) is 12.9. The Morgan fingerprint density at radius 3 is 2.85 bits per heavy atom. The molecule has 1 aliphatic rings. The number of primary amides is 1. The molecule has 5 nitrogen and oxygen atoms in total. The molecule has 1 heterocycles. The third-order valence-electron chi connectivity index (χ3n) is 3.50. The van der Waals surface area contributed by atoms with E-state index < -0.39 is 0 Å². The second kappa shape index (κ2) is 6.26. The van der Waals surface area contributed by atoms with Crippen molar-refractivity contribution >= 4 is 27.7 Å². The van der Waals surface area contributed by atoms with Crippen LogP contribution in [-0.2, 0) is 4.79 Å². The fourth-order valence-corrected chi connectivity index (χ4v) is 2.75. The highest BCUT2D eigenvalue weighted by Crippen LogP contribution is 2.26. The number of ether oxygens (including phenoxy) is 1. The van der Waals surface area contributed by atoms with Crippen LogP contribution in [0.2, 0.25) is 0 Å². The highest BCUT2D eigenvalue weighted by atomic mass is 79.9. The van der Waals surface area contributed by atoms with E-state index in [1.807, 2.05) is 0 Å². The molecular formula is C14H17BrN2O3. The van der Waals surface area contributed by atoms with E-state index in [-0.39, 0.29) is 17.7 Å². The largest absolute Gasteiger partial charge is 0.496 e. The molecule has 0 aliphatic carbocycles. The molecule has 1 unspecified atom stereocenters. The summed E-state index contributed by atoms with van der Waals surface area (Å²) in [5, 5.41) is 0. The monoisotopic (exact) mass is 340 g/mol. The van der Waals surface area contributed by atoms with E-state index in [2.05, 4.69) is 15.9 Å². The van der Waals surface area contributed by atoms with Crippen molar-refractivity contribution in [1.82, 2.24) is 4.90 Å². The highest BCUT2D eigenvalue weighted by Gasteiger charge is 2.28. The Labute approximate surface area is 126 Å². The van der Waals surface area contributed by atoms with Crippen LogP contribution >= 0.6 is 15.9 Å². The molecular weight excluding hydrogens is 324 g/mol. The van der Waals surface area contributed by atoms with E-state index in [4.69, 9.17) is 10.5 Å². The van der Waals surface area contributed by atoms with Crippen LogP contribution in [0.15, 0.2) is 22.7 Å². The second-order valence-electron chi connectivity index (χ2n) is 4.84. The summed E-state index contributed by atoms with van der Waals surface area (Å²) < 4.78 is 6.09. The lowest BCUT2D eigenvalue weighted by atomic mass is 9.97. The normalized spacial score (nSPS) is 18.7. The van der Waals surface area contributed by atoms with Crippen molar-refractivity contribution in [3.8, 4) is 5.75 Å². The number of likely N-dealkylation sites (tertiary alicyclic amines) is 1. The first-order valence-corrected chi connectivity index (χ1v) is 7.24. The molecule has 2 amide bonds. The zero-order chi connectivity index (χ0) is 14.7. The van der Waals surface area contributed by atoms with Crippen molar-refractivity contribution in [2.45, 2.75) is 12.8 Å². The summed E-state index contributed by atoms with van der Waals surface area (Å²) in [5.41, 5.74) is 5.84. The molecule has 1 aromatic carbocycles. The SMILES string of the molecule is COc1cc(Br)ccc1C(=O)N1CCCC(C(N)=O)C1. The van der Waals surface area contributed by atoms with Crippen molar-refractivity contribution in [2.24, 2.45) is 11.7 Å².